The van der Waals surface area contributed by atoms with Crippen molar-refractivity contribution in [2.75, 3.05) is 6.54 Å². The maximum atomic E-state index is 13.0. The zero-order valence-corrected chi connectivity index (χ0v) is 15.3. The Morgan fingerprint density at radius 3 is 2.44 bits per heavy atom. The number of amides is 4. The summed E-state index contributed by atoms with van der Waals surface area (Å²) in [6.45, 7) is 4.62. The first-order chi connectivity index (χ1) is 12.5. The molecule has 1 aliphatic heterocycles. The van der Waals surface area contributed by atoms with Crippen LogP contribution in [0.1, 0.15) is 44.7 Å². The zero-order valence-electron chi connectivity index (χ0n) is 15.3. The van der Waals surface area contributed by atoms with Gasteiger partial charge in [0.25, 0.3) is 5.91 Å². The van der Waals surface area contributed by atoms with Gasteiger partial charge in [-0.05, 0) is 37.5 Å². The van der Waals surface area contributed by atoms with Gasteiger partial charge in [-0.2, -0.15) is 13.2 Å². The first-order valence-corrected chi connectivity index (χ1v) is 8.64. The van der Waals surface area contributed by atoms with Crippen molar-refractivity contribution in [1.82, 2.24) is 15.5 Å². The minimum Gasteiger partial charge on any atom is -0.352 e. The molecule has 0 aromatic heterocycles. The Morgan fingerprint density at radius 2 is 1.89 bits per heavy atom. The fourth-order valence-electron chi connectivity index (χ4n) is 2.95. The van der Waals surface area contributed by atoms with Crippen molar-refractivity contribution in [3.8, 4) is 0 Å². The normalized spacial score (nSPS) is 20.2. The molecule has 1 aliphatic rings. The molecule has 1 atom stereocenters. The van der Waals surface area contributed by atoms with Gasteiger partial charge in [0.1, 0.15) is 12.1 Å². The van der Waals surface area contributed by atoms with E-state index in [0.717, 1.165) is 17.0 Å². The van der Waals surface area contributed by atoms with Crippen molar-refractivity contribution < 1.29 is 27.6 Å². The lowest BCUT2D eigenvalue weighted by atomic mass is 9.90. The largest absolute Gasteiger partial charge is 0.416 e. The van der Waals surface area contributed by atoms with Crippen LogP contribution in [-0.2, 0) is 21.3 Å². The van der Waals surface area contributed by atoms with E-state index in [2.05, 4.69) is 10.6 Å². The standard InChI is InChI=1S/C18H22F3N3O3/c1-4-13(5-2)22-14(25)10-24-15(26)17(3,23-16(24)27)11-7-6-8-12(9-11)18(19,20)21/h6-9,13H,4-5,10H2,1-3H3,(H,22,25)(H,23,27)/t17-/m0/s1. The maximum absolute atomic E-state index is 13.0. The predicted molar refractivity (Wildman–Crippen MR) is 91.6 cm³/mol. The second-order valence-corrected chi connectivity index (χ2v) is 6.61. The van der Waals surface area contributed by atoms with E-state index in [-0.39, 0.29) is 11.6 Å². The zero-order chi connectivity index (χ0) is 20.4. The summed E-state index contributed by atoms with van der Waals surface area (Å²) in [6, 6.07) is 3.32. The van der Waals surface area contributed by atoms with Gasteiger partial charge in [-0.25, -0.2) is 4.79 Å². The third-order valence-corrected chi connectivity index (χ3v) is 4.69. The Morgan fingerprint density at radius 1 is 1.26 bits per heavy atom. The number of urea groups is 1. The van der Waals surface area contributed by atoms with Crippen LogP contribution in [0.25, 0.3) is 0 Å². The van der Waals surface area contributed by atoms with Crippen LogP contribution in [-0.4, -0.2) is 35.3 Å². The molecule has 27 heavy (non-hydrogen) atoms. The van der Waals surface area contributed by atoms with E-state index in [1.165, 1.54) is 19.1 Å². The number of rotatable bonds is 6. The number of halogens is 3. The highest BCUT2D eigenvalue weighted by molar-refractivity contribution is 6.09. The van der Waals surface area contributed by atoms with Gasteiger partial charge in [0.15, 0.2) is 0 Å². The number of imide groups is 1. The predicted octanol–water partition coefficient (Wildman–Crippen LogP) is 2.78. The summed E-state index contributed by atoms with van der Waals surface area (Å²) < 4.78 is 38.9. The van der Waals surface area contributed by atoms with Crippen molar-refractivity contribution in [3.63, 3.8) is 0 Å². The van der Waals surface area contributed by atoms with E-state index in [0.29, 0.717) is 12.8 Å². The van der Waals surface area contributed by atoms with Crippen molar-refractivity contribution in [1.29, 1.82) is 0 Å². The average molecular weight is 385 g/mol. The highest BCUT2D eigenvalue weighted by Gasteiger charge is 2.50. The van der Waals surface area contributed by atoms with Crippen molar-refractivity contribution in [2.24, 2.45) is 0 Å². The molecule has 2 rings (SSSR count). The molecule has 6 nitrogen and oxygen atoms in total. The summed E-state index contributed by atoms with van der Waals surface area (Å²) >= 11 is 0. The SMILES string of the molecule is CCC(CC)NC(=O)CN1C(=O)N[C@@](C)(c2cccc(C(F)(F)F)c2)C1=O. The second kappa shape index (κ2) is 7.58. The van der Waals surface area contributed by atoms with Gasteiger partial charge in [0.2, 0.25) is 5.91 Å². The van der Waals surface area contributed by atoms with Crippen LogP contribution in [0, 0.1) is 0 Å². The molecule has 1 fully saturated rings. The molecule has 148 valence electrons. The molecule has 0 unspecified atom stereocenters. The van der Waals surface area contributed by atoms with Gasteiger partial charge < -0.3 is 10.6 Å². The number of carbonyl (C=O) groups is 3. The van der Waals surface area contributed by atoms with Crippen LogP contribution in [0.3, 0.4) is 0 Å². The summed E-state index contributed by atoms with van der Waals surface area (Å²) in [5, 5.41) is 5.12. The number of alkyl halides is 3. The molecular formula is C18H22F3N3O3. The van der Waals surface area contributed by atoms with E-state index in [9.17, 15) is 27.6 Å². The third kappa shape index (κ3) is 4.23. The van der Waals surface area contributed by atoms with Crippen LogP contribution >= 0.6 is 0 Å². The molecule has 0 bridgehead atoms. The molecule has 1 saturated heterocycles. The number of hydrogen-bond acceptors (Lipinski definition) is 3. The van der Waals surface area contributed by atoms with Crippen molar-refractivity contribution >= 4 is 17.8 Å². The Labute approximate surface area is 155 Å². The molecule has 1 aromatic carbocycles. The highest BCUT2D eigenvalue weighted by Crippen LogP contribution is 2.34. The van der Waals surface area contributed by atoms with Gasteiger partial charge >= 0.3 is 12.2 Å². The average Bonchev–Trinajstić information content (AvgIpc) is 2.83. The Kier molecular flexibility index (Phi) is 5.82. The van der Waals surface area contributed by atoms with Crippen LogP contribution < -0.4 is 10.6 Å². The van der Waals surface area contributed by atoms with E-state index in [4.69, 9.17) is 0 Å². The monoisotopic (exact) mass is 385 g/mol. The van der Waals surface area contributed by atoms with Crippen LogP contribution in [0.5, 0.6) is 0 Å². The molecule has 9 heteroatoms. The molecule has 2 N–H and O–H groups in total. The van der Waals surface area contributed by atoms with Crippen LogP contribution in [0.4, 0.5) is 18.0 Å². The van der Waals surface area contributed by atoms with Crippen molar-refractivity contribution in [2.45, 2.75) is 51.4 Å². The van der Waals surface area contributed by atoms with E-state index >= 15 is 0 Å². The van der Waals surface area contributed by atoms with E-state index in [1.54, 1.807) is 0 Å². The second-order valence-electron chi connectivity index (χ2n) is 6.61. The first-order valence-electron chi connectivity index (χ1n) is 8.64. The van der Waals surface area contributed by atoms with Gasteiger partial charge in [-0.1, -0.05) is 26.0 Å². The first kappa shape index (κ1) is 20.7. The lowest BCUT2D eigenvalue weighted by molar-refractivity contribution is -0.138. The third-order valence-electron chi connectivity index (χ3n) is 4.69. The molecule has 1 aromatic rings. The fraction of sp³-hybridized carbons (Fsp3) is 0.500. The topological polar surface area (TPSA) is 78.5 Å². The lowest BCUT2D eigenvalue weighted by Crippen LogP contribution is -2.45. The number of nitrogens with zero attached hydrogens (tertiary/aromatic N) is 1. The van der Waals surface area contributed by atoms with Crippen LogP contribution in [0.15, 0.2) is 24.3 Å². The number of nitrogens with one attached hydrogen (secondary N) is 2. The minimum atomic E-state index is -4.58. The Balaban J connectivity index is 2.23. The van der Waals surface area contributed by atoms with Gasteiger partial charge in [-0.15, -0.1) is 0 Å². The summed E-state index contributed by atoms with van der Waals surface area (Å²) in [5.41, 5.74) is -2.60. The van der Waals surface area contributed by atoms with Crippen LogP contribution in [0.2, 0.25) is 0 Å². The van der Waals surface area contributed by atoms with Gasteiger partial charge in [0, 0.05) is 6.04 Å². The Bertz CT molecular complexity index is 747. The molecule has 0 saturated carbocycles. The summed E-state index contributed by atoms with van der Waals surface area (Å²) in [6.07, 6.45) is -3.18. The summed E-state index contributed by atoms with van der Waals surface area (Å²) in [4.78, 5) is 37.8. The number of carbonyl (C=O) groups excluding carboxylic acids is 3. The molecule has 1 heterocycles. The van der Waals surface area contributed by atoms with E-state index in [1.807, 2.05) is 13.8 Å². The lowest BCUT2D eigenvalue weighted by Gasteiger charge is -2.23. The Hall–Kier alpha value is -2.58. The molecule has 4 amide bonds. The van der Waals surface area contributed by atoms with Gasteiger partial charge in [0.05, 0.1) is 5.56 Å². The molecule has 0 aliphatic carbocycles. The van der Waals surface area contributed by atoms with E-state index < -0.39 is 41.7 Å². The molecule has 0 spiro atoms. The fourth-order valence-corrected chi connectivity index (χ4v) is 2.95. The minimum absolute atomic E-state index is 0.00132. The number of hydrogen-bond donors (Lipinski definition) is 2. The van der Waals surface area contributed by atoms with Crippen molar-refractivity contribution in [3.05, 3.63) is 35.4 Å². The van der Waals surface area contributed by atoms with Gasteiger partial charge in [-0.3, -0.25) is 14.5 Å². The number of benzene rings is 1. The molecule has 0 radical (unpaired) electrons. The smallest absolute Gasteiger partial charge is 0.352 e. The maximum Gasteiger partial charge on any atom is 0.416 e. The summed E-state index contributed by atoms with van der Waals surface area (Å²) in [5.74, 6) is -1.27. The molecular weight excluding hydrogens is 363 g/mol. The summed E-state index contributed by atoms with van der Waals surface area (Å²) in [7, 11) is 0. The quantitative estimate of drug-likeness (QED) is 0.739. The highest BCUT2D eigenvalue weighted by atomic mass is 19.4.